The number of rotatable bonds is 3. The molecule has 0 radical (unpaired) electrons. The summed E-state index contributed by atoms with van der Waals surface area (Å²) < 4.78 is 18.5. The zero-order chi connectivity index (χ0) is 11.6. The predicted octanol–water partition coefficient (Wildman–Crippen LogP) is 1.67. The average molecular weight is 211 g/mol. The van der Waals surface area contributed by atoms with E-state index in [0.29, 0.717) is 11.3 Å². The van der Waals surface area contributed by atoms with Crippen LogP contribution in [-0.2, 0) is 0 Å². The van der Waals surface area contributed by atoms with Gasteiger partial charge in [-0.2, -0.15) is 0 Å². The fourth-order valence-electron chi connectivity index (χ4n) is 1.31. The van der Waals surface area contributed by atoms with Crippen molar-refractivity contribution in [1.82, 2.24) is 0 Å². The molecule has 1 aromatic carbocycles. The van der Waals surface area contributed by atoms with Crippen molar-refractivity contribution in [1.29, 1.82) is 0 Å². The number of carbonyl (C=O) groups excluding carboxylic acids is 1. The van der Waals surface area contributed by atoms with E-state index in [-0.39, 0.29) is 5.56 Å². The van der Waals surface area contributed by atoms with Crippen LogP contribution in [0, 0.1) is 12.7 Å². The van der Waals surface area contributed by atoms with Crippen molar-refractivity contribution in [3.8, 4) is 5.75 Å². The van der Waals surface area contributed by atoms with Gasteiger partial charge in [0.15, 0.2) is 5.78 Å². The van der Waals surface area contributed by atoms with E-state index in [1.807, 2.05) is 0 Å². The van der Waals surface area contributed by atoms with Crippen molar-refractivity contribution >= 4 is 5.78 Å². The normalized spacial score (nSPS) is 12.3. The van der Waals surface area contributed by atoms with Crippen molar-refractivity contribution in [2.45, 2.75) is 19.9 Å². The number of carbonyl (C=O) groups is 1. The highest BCUT2D eigenvalue weighted by atomic mass is 19.1. The monoisotopic (exact) mass is 211 g/mol. The minimum Gasteiger partial charge on any atom is -0.496 e. The maximum atomic E-state index is 13.4. The van der Waals surface area contributed by atoms with Crippen molar-refractivity contribution in [3.05, 3.63) is 29.1 Å². The molecule has 0 heterocycles. The van der Waals surface area contributed by atoms with E-state index in [0.717, 1.165) is 0 Å². The molecule has 0 saturated heterocycles. The van der Waals surface area contributed by atoms with Crippen LogP contribution in [0.15, 0.2) is 12.1 Å². The molecule has 0 saturated carbocycles. The van der Waals surface area contributed by atoms with Gasteiger partial charge in [0.1, 0.15) is 11.6 Å². The summed E-state index contributed by atoms with van der Waals surface area (Å²) in [4.78, 5) is 11.5. The molecule has 0 aliphatic heterocycles. The second kappa shape index (κ2) is 4.40. The maximum absolute atomic E-state index is 13.4. The van der Waals surface area contributed by atoms with Crippen LogP contribution in [-0.4, -0.2) is 18.9 Å². The number of benzene rings is 1. The number of aryl methyl sites for hydroxylation is 1. The average Bonchev–Trinajstić information content (AvgIpc) is 2.17. The highest BCUT2D eigenvalue weighted by Crippen LogP contribution is 2.22. The molecule has 1 aromatic rings. The summed E-state index contributed by atoms with van der Waals surface area (Å²) in [6, 6.07) is 1.94. The molecule has 2 N–H and O–H groups in total. The molecule has 1 rings (SSSR count). The zero-order valence-electron chi connectivity index (χ0n) is 9.00. The van der Waals surface area contributed by atoms with E-state index in [1.165, 1.54) is 26.2 Å². The minimum absolute atomic E-state index is 0.0209. The molecule has 0 aromatic heterocycles. The second-order valence-electron chi connectivity index (χ2n) is 3.45. The largest absolute Gasteiger partial charge is 0.496 e. The van der Waals surface area contributed by atoms with Gasteiger partial charge in [0.05, 0.1) is 18.7 Å². The number of ketones is 1. The lowest BCUT2D eigenvalue weighted by Crippen LogP contribution is -2.27. The predicted molar refractivity (Wildman–Crippen MR) is 55.7 cm³/mol. The number of methoxy groups -OCH3 is 1. The van der Waals surface area contributed by atoms with Gasteiger partial charge in [-0.3, -0.25) is 4.79 Å². The van der Waals surface area contributed by atoms with Gasteiger partial charge in [0, 0.05) is 0 Å². The van der Waals surface area contributed by atoms with E-state index in [9.17, 15) is 9.18 Å². The summed E-state index contributed by atoms with van der Waals surface area (Å²) in [5.41, 5.74) is 6.04. The lowest BCUT2D eigenvalue weighted by Gasteiger charge is -2.10. The lowest BCUT2D eigenvalue weighted by molar-refractivity contribution is 0.0963. The number of Topliss-reactive ketones (excluding diaryl/α,β-unsaturated/α-hetero) is 1. The van der Waals surface area contributed by atoms with Gasteiger partial charge in [-0.25, -0.2) is 4.39 Å². The first kappa shape index (κ1) is 11.7. The van der Waals surface area contributed by atoms with Gasteiger partial charge in [-0.1, -0.05) is 0 Å². The van der Waals surface area contributed by atoms with Crippen LogP contribution >= 0.6 is 0 Å². The molecule has 0 spiro atoms. The van der Waals surface area contributed by atoms with E-state index >= 15 is 0 Å². The van der Waals surface area contributed by atoms with Crippen LogP contribution in [0.25, 0.3) is 0 Å². The Morgan fingerprint density at radius 1 is 1.53 bits per heavy atom. The molecule has 82 valence electrons. The standard InChI is InChI=1S/C11H14FNO2/c1-6-4-9(12)8(5-10(6)15-3)11(14)7(2)13/h4-5,7H,13H2,1-3H3. The molecule has 0 aliphatic rings. The summed E-state index contributed by atoms with van der Waals surface area (Å²) in [6.45, 7) is 3.23. The Balaban J connectivity index is 3.24. The third-order valence-electron chi connectivity index (χ3n) is 2.16. The molecule has 1 atom stereocenters. The van der Waals surface area contributed by atoms with E-state index in [1.54, 1.807) is 6.92 Å². The highest BCUT2D eigenvalue weighted by molar-refractivity contribution is 6.00. The van der Waals surface area contributed by atoms with E-state index < -0.39 is 17.6 Å². The minimum atomic E-state index is -0.716. The van der Waals surface area contributed by atoms with Crippen LogP contribution in [0.1, 0.15) is 22.8 Å². The van der Waals surface area contributed by atoms with Gasteiger partial charge >= 0.3 is 0 Å². The Bertz CT molecular complexity index is 388. The molecule has 15 heavy (non-hydrogen) atoms. The topological polar surface area (TPSA) is 52.3 Å². The van der Waals surface area contributed by atoms with Crippen molar-refractivity contribution < 1.29 is 13.9 Å². The van der Waals surface area contributed by atoms with Crippen LogP contribution in [0.4, 0.5) is 4.39 Å². The van der Waals surface area contributed by atoms with Crippen LogP contribution < -0.4 is 10.5 Å². The Hall–Kier alpha value is -1.42. The van der Waals surface area contributed by atoms with E-state index in [4.69, 9.17) is 10.5 Å². The lowest BCUT2D eigenvalue weighted by atomic mass is 10.0. The molecule has 3 nitrogen and oxygen atoms in total. The van der Waals surface area contributed by atoms with E-state index in [2.05, 4.69) is 0 Å². The fourth-order valence-corrected chi connectivity index (χ4v) is 1.31. The first-order chi connectivity index (χ1) is 6.97. The smallest absolute Gasteiger partial charge is 0.182 e. The third-order valence-corrected chi connectivity index (χ3v) is 2.16. The molecule has 0 aliphatic carbocycles. The molecule has 1 unspecified atom stereocenters. The summed E-state index contributed by atoms with van der Waals surface area (Å²) >= 11 is 0. The van der Waals surface area contributed by atoms with Crippen LogP contribution in [0.5, 0.6) is 5.75 Å². The third kappa shape index (κ3) is 2.33. The highest BCUT2D eigenvalue weighted by Gasteiger charge is 2.17. The quantitative estimate of drug-likeness (QED) is 0.774. The van der Waals surface area contributed by atoms with Crippen LogP contribution in [0.2, 0.25) is 0 Å². The van der Waals surface area contributed by atoms with Gasteiger partial charge in [0.25, 0.3) is 0 Å². The van der Waals surface area contributed by atoms with Gasteiger partial charge < -0.3 is 10.5 Å². The summed E-state index contributed by atoms with van der Waals surface area (Å²) in [6.07, 6.45) is 0. The van der Waals surface area contributed by atoms with Crippen LogP contribution in [0.3, 0.4) is 0 Å². The van der Waals surface area contributed by atoms with Crippen molar-refractivity contribution in [2.24, 2.45) is 5.73 Å². The maximum Gasteiger partial charge on any atom is 0.182 e. The second-order valence-corrected chi connectivity index (χ2v) is 3.45. The van der Waals surface area contributed by atoms with Gasteiger partial charge in [0.2, 0.25) is 0 Å². The molecule has 0 fully saturated rings. The summed E-state index contributed by atoms with van der Waals surface area (Å²) in [7, 11) is 1.47. The molecular weight excluding hydrogens is 197 g/mol. The SMILES string of the molecule is COc1cc(C(=O)C(C)N)c(F)cc1C. The molecule has 0 amide bonds. The Kier molecular flexibility index (Phi) is 3.42. The number of hydrogen-bond donors (Lipinski definition) is 1. The Labute approximate surface area is 88.0 Å². The molecular formula is C11H14FNO2. The number of ether oxygens (including phenoxy) is 1. The number of halogens is 1. The summed E-state index contributed by atoms with van der Waals surface area (Å²) in [5, 5.41) is 0. The zero-order valence-corrected chi connectivity index (χ0v) is 9.00. The first-order valence-electron chi connectivity index (χ1n) is 4.61. The summed E-state index contributed by atoms with van der Waals surface area (Å²) in [5.74, 6) is -0.498. The Morgan fingerprint density at radius 2 is 2.13 bits per heavy atom. The molecule has 0 bridgehead atoms. The Morgan fingerprint density at radius 3 is 2.60 bits per heavy atom. The number of hydrogen-bond acceptors (Lipinski definition) is 3. The van der Waals surface area contributed by atoms with Gasteiger partial charge in [-0.15, -0.1) is 0 Å². The first-order valence-corrected chi connectivity index (χ1v) is 4.61. The molecule has 4 heteroatoms. The fraction of sp³-hybridized carbons (Fsp3) is 0.364. The van der Waals surface area contributed by atoms with Crippen molar-refractivity contribution in [3.63, 3.8) is 0 Å². The van der Waals surface area contributed by atoms with Gasteiger partial charge in [-0.05, 0) is 31.5 Å². The van der Waals surface area contributed by atoms with Crippen molar-refractivity contribution in [2.75, 3.05) is 7.11 Å². The number of nitrogens with two attached hydrogens (primary N) is 1.